The van der Waals surface area contributed by atoms with Crippen molar-refractivity contribution in [1.29, 1.82) is 0 Å². The molecule has 6 nitrogen and oxygen atoms in total. The summed E-state index contributed by atoms with van der Waals surface area (Å²) in [6.45, 7) is -0.757. The largest absolute Gasteiger partial charge is 0.416 e. The zero-order valence-corrected chi connectivity index (χ0v) is 16.0. The van der Waals surface area contributed by atoms with Gasteiger partial charge in [0.25, 0.3) is 11.5 Å². The molecule has 1 amide bonds. The Hall–Kier alpha value is -3.70. The molecule has 1 N–H and O–H groups in total. The number of nitrogens with one attached hydrogen (secondary N) is 1. The third-order valence-electron chi connectivity index (χ3n) is 4.25. The topological polar surface area (TPSA) is 76.9 Å². The molecule has 3 aromatic rings. The Kier molecular flexibility index (Phi) is 6.32. The van der Waals surface area contributed by atoms with Gasteiger partial charge in [-0.3, -0.25) is 14.6 Å². The van der Waals surface area contributed by atoms with Gasteiger partial charge in [-0.05, 0) is 30.3 Å². The lowest BCUT2D eigenvalue weighted by Gasteiger charge is -2.12. The van der Waals surface area contributed by atoms with Gasteiger partial charge in [-0.15, -0.1) is 0 Å². The fraction of sp³-hybridized carbons (Fsp3) is 0.200. The quantitative estimate of drug-likeness (QED) is 0.589. The van der Waals surface area contributed by atoms with Crippen molar-refractivity contribution >= 4 is 5.91 Å². The molecule has 0 radical (unpaired) electrons. The van der Waals surface area contributed by atoms with Gasteiger partial charge in [0.05, 0.1) is 29.6 Å². The van der Waals surface area contributed by atoms with Crippen molar-refractivity contribution in [1.82, 2.24) is 20.1 Å². The van der Waals surface area contributed by atoms with Crippen LogP contribution in [0, 0.1) is 0 Å². The first-order valence-corrected chi connectivity index (χ1v) is 9.03. The summed E-state index contributed by atoms with van der Waals surface area (Å²) < 4.78 is 76.4. The first-order valence-electron chi connectivity index (χ1n) is 9.03. The minimum atomic E-state index is -4.57. The maximum absolute atomic E-state index is 12.8. The first kappa shape index (κ1) is 23.0. The summed E-state index contributed by atoms with van der Waals surface area (Å²) in [5, 5.41) is 6.11. The molecule has 0 unspecified atom stereocenters. The van der Waals surface area contributed by atoms with Crippen LogP contribution in [-0.2, 0) is 6.18 Å². The summed E-state index contributed by atoms with van der Waals surface area (Å²) >= 11 is 0. The molecular formula is C20H14F6N4O2. The number of benzene rings is 1. The summed E-state index contributed by atoms with van der Waals surface area (Å²) in [6, 6.07) is 7.77. The molecule has 0 fully saturated rings. The molecule has 0 spiro atoms. The smallest absolute Gasteiger partial charge is 0.352 e. The average Bonchev–Trinajstić information content (AvgIpc) is 2.73. The van der Waals surface area contributed by atoms with Crippen LogP contribution in [0.5, 0.6) is 0 Å². The average molecular weight is 456 g/mol. The van der Waals surface area contributed by atoms with Crippen molar-refractivity contribution in [3.8, 4) is 16.9 Å². The van der Waals surface area contributed by atoms with Crippen LogP contribution in [0.3, 0.4) is 0 Å². The number of rotatable bonds is 5. The predicted molar refractivity (Wildman–Crippen MR) is 101 cm³/mol. The highest BCUT2D eigenvalue weighted by Crippen LogP contribution is 2.30. The van der Waals surface area contributed by atoms with Crippen molar-refractivity contribution in [2.75, 3.05) is 6.54 Å². The normalized spacial score (nSPS) is 11.9. The van der Waals surface area contributed by atoms with E-state index in [9.17, 15) is 35.9 Å². The van der Waals surface area contributed by atoms with E-state index in [0.717, 1.165) is 35.0 Å². The number of amides is 1. The number of halogens is 6. The van der Waals surface area contributed by atoms with Gasteiger partial charge in [0.15, 0.2) is 0 Å². The maximum Gasteiger partial charge on any atom is 0.416 e. The zero-order valence-electron chi connectivity index (χ0n) is 16.0. The van der Waals surface area contributed by atoms with Gasteiger partial charge < -0.3 is 5.32 Å². The van der Waals surface area contributed by atoms with Crippen molar-refractivity contribution in [3.63, 3.8) is 0 Å². The van der Waals surface area contributed by atoms with Gasteiger partial charge in [-0.25, -0.2) is 0 Å². The maximum atomic E-state index is 12.8. The van der Waals surface area contributed by atoms with E-state index in [0.29, 0.717) is 0 Å². The summed E-state index contributed by atoms with van der Waals surface area (Å²) in [7, 11) is 0. The lowest BCUT2D eigenvalue weighted by molar-refractivity contribution is -0.137. The molecule has 0 atom stereocenters. The second-order valence-electron chi connectivity index (χ2n) is 6.57. The van der Waals surface area contributed by atoms with Gasteiger partial charge in [0.1, 0.15) is 5.56 Å². The lowest BCUT2D eigenvalue weighted by atomic mass is 10.1. The van der Waals surface area contributed by atoms with Crippen LogP contribution in [0.2, 0.25) is 0 Å². The molecule has 3 rings (SSSR count). The number of aromatic nitrogens is 3. The molecule has 2 aromatic heterocycles. The van der Waals surface area contributed by atoms with E-state index in [1.165, 1.54) is 24.5 Å². The molecule has 2 heterocycles. The molecule has 0 bridgehead atoms. The van der Waals surface area contributed by atoms with Crippen molar-refractivity contribution in [2.24, 2.45) is 0 Å². The number of hydrogen-bond acceptors (Lipinski definition) is 4. The molecule has 32 heavy (non-hydrogen) atoms. The Morgan fingerprint density at radius 3 is 2.28 bits per heavy atom. The molecular weight excluding hydrogens is 442 g/mol. The van der Waals surface area contributed by atoms with Gasteiger partial charge in [-0.2, -0.15) is 36.1 Å². The monoisotopic (exact) mass is 456 g/mol. The Balaban J connectivity index is 2.05. The Bertz CT molecular complexity index is 1160. The summed E-state index contributed by atoms with van der Waals surface area (Å²) in [4.78, 5) is 29.0. The number of carbonyl (C=O) groups is 1. The van der Waals surface area contributed by atoms with E-state index in [2.05, 4.69) is 10.1 Å². The van der Waals surface area contributed by atoms with Crippen LogP contribution in [0.25, 0.3) is 16.9 Å². The lowest BCUT2D eigenvalue weighted by Crippen LogP contribution is -2.35. The molecule has 0 aliphatic heterocycles. The number of hydrogen-bond donors (Lipinski definition) is 1. The fourth-order valence-corrected chi connectivity index (χ4v) is 2.70. The van der Waals surface area contributed by atoms with E-state index in [1.54, 1.807) is 0 Å². The number of carbonyl (C=O) groups excluding carboxylic acids is 1. The van der Waals surface area contributed by atoms with E-state index in [4.69, 9.17) is 0 Å². The molecule has 168 valence electrons. The highest BCUT2D eigenvalue weighted by Gasteiger charge is 2.30. The van der Waals surface area contributed by atoms with Crippen molar-refractivity contribution in [3.05, 3.63) is 76.3 Å². The Morgan fingerprint density at radius 1 is 1.03 bits per heavy atom. The highest BCUT2D eigenvalue weighted by atomic mass is 19.4. The van der Waals surface area contributed by atoms with Crippen molar-refractivity contribution < 1.29 is 31.1 Å². The second-order valence-corrected chi connectivity index (χ2v) is 6.57. The Labute approximate surface area is 176 Å². The Morgan fingerprint density at radius 2 is 1.72 bits per heavy atom. The van der Waals surface area contributed by atoms with Gasteiger partial charge in [-0.1, -0.05) is 12.1 Å². The molecule has 1 aromatic carbocycles. The SMILES string of the molecule is O=C(NCCC(F)(F)F)c1cc(-c2ccc(C(F)(F)F)cc2)nn(-c2cccnc2)c1=O. The minimum Gasteiger partial charge on any atom is -0.352 e. The molecule has 0 saturated heterocycles. The summed E-state index contributed by atoms with van der Waals surface area (Å²) in [5.41, 5.74) is -2.11. The molecule has 0 aliphatic carbocycles. The van der Waals surface area contributed by atoms with Gasteiger partial charge in [0.2, 0.25) is 0 Å². The predicted octanol–water partition coefficient (Wildman–Crippen LogP) is 4.00. The second kappa shape index (κ2) is 8.81. The van der Waals surface area contributed by atoms with E-state index >= 15 is 0 Å². The van der Waals surface area contributed by atoms with E-state index in [-0.39, 0.29) is 16.9 Å². The molecule has 0 aliphatic rings. The van der Waals surface area contributed by atoms with Crippen LogP contribution in [-0.4, -0.2) is 33.4 Å². The zero-order chi connectivity index (χ0) is 23.5. The summed E-state index contributed by atoms with van der Waals surface area (Å²) in [5.74, 6) is -1.08. The van der Waals surface area contributed by atoms with Crippen LogP contribution >= 0.6 is 0 Å². The third kappa shape index (κ3) is 5.50. The fourth-order valence-electron chi connectivity index (χ4n) is 2.70. The number of alkyl halides is 6. The van der Waals surface area contributed by atoms with Crippen LogP contribution in [0.1, 0.15) is 22.3 Å². The molecule has 0 saturated carbocycles. The van der Waals surface area contributed by atoms with Crippen molar-refractivity contribution in [2.45, 2.75) is 18.8 Å². The first-order chi connectivity index (χ1) is 15.0. The number of pyridine rings is 1. The van der Waals surface area contributed by atoms with E-state index in [1.807, 2.05) is 5.32 Å². The standard InChI is InChI=1S/C20H14F6N4O2/c21-19(22,23)7-9-28-17(31)15-10-16(12-3-5-13(6-4-12)20(24,25)26)29-30(18(15)32)14-2-1-8-27-11-14/h1-6,8,10-11H,7,9H2,(H,28,31). The molecule has 12 heteroatoms. The number of nitrogens with zero attached hydrogens (tertiary/aromatic N) is 3. The van der Waals surface area contributed by atoms with Crippen LogP contribution in [0.15, 0.2) is 59.7 Å². The van der Waals surface area contributed by atoms with Gasteiger partial charge >= 0.3 is 12.4 Å². The summed E-state index contributed by atoms with van der Waals surface area (Å²) in [6.07, 6.45) is -7.70. The third-order valence-corrected chi connectivity index (χ3v) is 4.25. The van der Waals surface area contributed by atoms with E-state index < -0.39 is 47.9 Å². The minimum absolute atomic E-state index is 0.0388. The van der Waals surface area contributed by atoms with Crippen LogP contribution < -0.4 is 10.9 Å². The van der Waals surface area contributed by atoms with Crippen LogP contribution in [0.4, 0.5) is 26.3 Å². The van der Waals surface area contributed by atoms with Gasteiger partial charge in [0, 0.05) is 18.3 Å². The highest BCUT2D eigenvalue weighted by molar-refractivity contribution is 5.94.